The Kier molecular flexibility index (Phi) is 5.11. The number of carboxylic acid groups (broad SMARTS) is 1. The molecule has 0 spiro atoms. The Morgan fingerprint density at radius 1 is 1.24 bits per heavy atom. The van der Waals surface area contributed by atoms with Crippen molar-refractivity contribution in [3.63, 3.8) is 0 Å². The summed E-state index contributed by atoms with van der Waals surface area (Å²) in [6, 6.07) is 10.2. The van der Waals surface area contributed by atoms with Gasteiger partial charge in [0.05, 0.1) is 5.92 Å². The molecule has 0 radical (unpaired) electrons. The fraction of sp³-hybridized carbons (Fsp3) is 0.250. The van der Waals surface area contributed by atoms with E-state index in [1.807, 2.05) is 47.2 Å². The number of thiophene rings is 1. The molecule has 2 atom stereocenters. The fourth-order valence-electron chi connectivity index (χ4n) is 2.02. The number of hydrogen-bond donors (Lipinski definition) is 2. The van der Waals surface area contributed by atoms with Crippen molar-refractivity contribution in [1.29, 1.82) is 0 Å². The maximum Gasteiger partial charge on any atom is 0.326 e. The first-order chi connectivity index (χ1) is 10.1. The lowest BCUT2D eigenvalue weighted by molar-refractivity contribution is -0.141. The summed E-state index contributed by atoms with van der Waals surface area (Å²) in [5.74, 6) is -1.64. The molecule has 1 heterocycles. The van der Waals surface area contributed by atoms with E-state index >= 15 is 0 Å². The molecule has 1 amide bonds. The minimum atomic E-state index is -1.02. The molecule has 0 aliphatic carbocycles. The number of nitrogens with one attached hydrogen (secondary N) is 1. The SMILES string of the molecule is CC(C(=O)NC(Cc1ccccc1)C(=O)O)c1ccsc1. The number of carboxylic acids is 1. The first-order valence-electron chi connectivity index (χ1n) is 6.67. The van der Waals surface area contributed by atoms with Crippen LogP contribution in [-0.4, -0.2) is 23.0 Å². The summed E-state index contributed by atoms with van der Waals surface area (Å²) in [5, 5.41) is 15.7. The predicted molar refractivity (Wildman–Crippen MR) is 82.4 cm³/mol. The second-order valence-electron chi connectivity index (χ2n) is 4.87. The van der Waals surface area contributed by atoms with E-state index in [1.165, 1.54) is 11.3 Å². The molecule has 2 N–H and O–H groups in total. The lowest BCUT2D eigenvalue weighted by atomic mass is 10.0. The van der Waals surface area contributed by atoms with Gasteiger partial charge in [0.25, 0.3) is 0 Å². The summed E-state index contributed by atoms with van der Waals surface area (Å²) in [6.07, 6.45) is 0.276. The van der Waals surface area contributed by atoms with Crippen molar-refractivity contribution in [2.75, 3.05) is 0 Å². The van der Waals surface area contributed by atoms with Gasteiger partial charge >= 0.3 is 5.97 Å². The Labute approximate surface area is 127 Å². The Balaban J connectivity index is 2.03. The van der Waals surface area contributed by atoms with Crippen molar-refractivity contribution in [3.05, 3.63) is 58.3 Å². The van der Waals surface area contributed by atoms with Crippen LogP contribution in [0.2, 0.25) is 0 Å². The van der Waals surface area contributed by atoms with Crippen LogP contribution in [0.5, 0.6) is 0 Å². The summed E-state index contributed by atoms with van der Waals surface area (Å²) in [5.41, 5.74) is 1.79. The van der Waals surface area contributed by atoms with Crippen molar-refractivity contribution in [1.82, 2.24) is 5.32 Å². The number of amides is 1. The highest BCUT2D eigenvalue weighted by atomic mass is 32.1. The Hall–Kier alpha value is -2.14. The smallest absolute Gasteiger partial charge is 0.326 e. The van der Waals surface area contributed by atoms with Gasteiger partial charge in [0.15, 0.2) is 0 Å². The molecule has 0 fully saturated rings. The molecule has 0 bridgehead atoms. The molecule has 2 rings (SSSR count). The molecule has 2 unspecified atom stereocenters. The van der Waals surface area contributed by atoms with E-state index in [1.54, 1.807) is 6.92 Å². The third-order valence-corrected chi connectivity index (χ3v) is 4.04. The van der Waals surface area contributed by atoms with Gasteiger partial charge in [0.2, 0.25) is 5.91 Å². The number of benzene rings is 1. The van der Waals surface area contributed by atoms with Crippen LogP contribution in [0.4, 0.5) is 0 Å². The number of carbonyl (C=O) groups excluding carboxylic acids is 1. The van der Waals surface area contributed by atoms with Gasteiger partial charge in [-0.05, 0) is 34.9 Å². The van der Waals surface area contributed by atoms with Crippen molar-refractivity contribution in [2.45, 2.75) is 25.3 Å². The van der Waals surface area contributed by atoms with Gasteiger partial charge in [-0.25, -0.2) is 4.79 Å². The average Bonchev–Trinajstić information content (AvgIpc) is 3.00. The lowest BCUT2D eigenvalue weighted by Gasteiger charge is -2.17. The van der Waals surface area contributed by atoms with E-state index < -0.39 is 12.0 Å². The topological polar surface area (TPSA) is 66.4 Å². The summed E-state index contributed by atoms with van der Waals surface area (Å²) in [4.78, 5) is 23.5. The number of aliphatic carboxylic acids is 1. The van der Waals surface area contributed by atoms with Crippen LogP contribution in [0.15, 0.2) is 47.2 Å². The quantitative estimate of drug-likeness (QED) is 0.862. The van der Waals surface area contributed by atoms with Gasteiger partial charge in [-0.3, -0.25) is 4.79 Å². The fourth-order valence-corrected chi connectivity index (χ4v) is 2.77. The van der Waals surface area contributed by atoms with Crippen LogP contribution >= 0.6 is 11.3 Å². The molecule has 0 saturated carbocycles. The molecule has 0 aliphatic heterocycles. The van der Waals surface area contributed by atoms with Gasteiger partial charge in [-0.1, -0.05) is 30.3 Å². The molecule has 0 saturated heterocycles. The van der Waals surface area contributed by atoms with Crippen molar-refractivity contribution in [2.24, 2.45) is 0 Å². The Morgan fingerprint density at radius 3 is 2.52 bits per heavy atom. The molecular formula is C16H17NO3S. The minimum absolute atomic E-state index is 0.267. The van der Waals surface area contributed by atoms with Crippen molar-refractivity contribution < 1.29 is 14.7 Å². The van der Waals surface area contributed by atoms with E-state index in [-0.39, 0.29) is 18.2 Å². The Bertz CT molecular complexity index is 595. The second-order valence-corrected chi connectivity index (χ2v) is 5.65. The van der Waals surface area contributed by atoms with Gasteiger partial charge in [-0.15, -0.1) is 0 Å². The van der Waals surface area contributed by atoms with E-state index in [9.17, 15) is 14.7 Å². The van der Waals surface area contributed by atoms with E-state index in [0.29, 0.717) is 0 Å². The molecule has 4 nitrogen and oxygen atoms in total. The van der Waals surface area contributed by atoms with Gasteiger partial charge in [0.1, 0.15) is 6.04 Å². The first-order valence-corrected chi connectivity index (χ1v) is 7.61. The number of rotatable bonds is 6. The lowest BCUT2D eigenvalue weighted by Crippen LogP contribution is -2.43. The third kappa shape index (κ3) is 4.16. The highest BCUT2D eigenvalue weighted by Gasteiger charge is 2.24. The largest absolute Gasteiger partial charge is 0.480 e. The van der Waals surface area contributed by atoms with Crippen LogP contribution in [0.3, 0.4) is 0 Å². The summed E-state index contributed by atoms with van der Waals surface area (Å²) in [6.45, 7) is 1.78. The maximum absolute atomic E-state index is 12.2. The van der Waals surface area contributed by atoms with E-state index in [0.717, 1.165) is 11.1 Å². The summed E-state index contributed by atoms with van der Waals surface area (Å²) in [7, 11) is 0. The van der Waals surface area contributed by atoms with Gasteiger partial charge in [0, 0.05) is 6.42 Å². The molecule has 1 aromatic heterocycles. The van der Waals surface area contributed by atoms with Crippen LogP contribution in [0.1, 0.15) is 24.0 Å². The van der Waals surface area contributed by atoms with Crippen molar-refractivity contribution in [3.8, 4) is 0 Å². The number of carbonyl (C=O) groups is 2. The van der Waals surface area contributed by atoms with Crippen LogP contribution < -0.4 is 5.32 Å². The molecule has 110 valence electrons. The van der Waals surface area contributed by atoms with Crippen LogP contribution in [-0.2, 0) is 16.0 Å². The summed E-state index contributed by atoms with van der Waals surface area (Å²) < 4.78 is 0. The van der Waals surface area contributed by atoms with Crippen molar-refractivity contribution >= 4 is 23.2 Å². The highest BCUT2D eigenvalue weighted by molar-refractivity contribution is 7.08. The minimum Gasteiger partial charge on any atom is -0.480 e. The second kappa shape index (κ2) is 7.04. The predicted octanol–water partition coefficient (Wildman–Crippen LogP) is 2.66. The summed E-state index contributed by atoms with van der Waals surface area (Å²) >= 11 is 1.52. The number of hydrogen-bond acceptors (Lipinski definition) is 3. The molecule has 21 heavy (non-hydrogen) atoms. The average molecular weight is 303 g/mol. The molecular weight excluding hydrogens is 286 g/mol. The monoisotopic (exact) mass is 303 g/mol. The zero-order chi connectivity index (χ0) is 15.2. The molecule has 5 heteroatoms. The van der Waals surface area contributed by atoms with E-state index in [4.69, 9.17) is 0 Å². The highest BCUT2D eigenvalue weighted by Crippen LogP contribution is 2.18. The van der Waals surface area contributed by atoms with Gasteiger partial charge in [-0.2, -0.15) is 11.3 Å². The Morgan fingerprint density at radius 2 is 1.95 bits per heavy atom. The third-order valence-electron chi connectivity index (χ3n) is 3.33. The standard InChI is InChI=1S/C16H17NO3S/c1-11(13-7-8-21-10-13)15(18)17-14(16(19)20)9-12-5-3-2-4-6-12/h2-8,10-11,14H,9H2,1H3,(H,17,18)(H,19,20). The maximum atomic E-state index is 12.2. The first kappa shape index (κ1) is 15.3. The van der Waals surface area contributed by atoms with Gasteiger partial charge < -0.3 is 10.4 Å². The molecule has 2 aromatic rings. The normalized spacial score (nSPS) is 13.4. The van der Waals surface area contributed by atoms with Crippen LogP contribution in [0.25, 0.3) is 0 Å². The zero-order valence-corrected chi connectivity index (χ0v) is 12.5. The molecule has 1 aromatic carbocycles. The van der Waals surface area contributed by atoms with Crippen LogP contribution in [0, 0.1) is 0 Å². The zero-order valence-electron chi connectivity index (χ0n) is 11.7. The molecule has 0 aliphatic rings. The van der Waals surface area contributed by atoms with E-state index in [2.05, 4.69) is 5.32 Å².